The molecule has 0 aliphatic heterocycles. The highest BCUT2D eigenvalue weighted by Gasteiger charge is 2.17. The van der Waals surface area contributed by atoms with E-state index < -0.39 is 0 Å². The maximum absolute atomic E-state index is 4.12. The Morgan fingerprint density at radius 1 is 1.14 bits per heavy atom. The summed E-state index contributed by atoms with van der Waals surface area (Å²) in [6.07, 6.45) is 5.00. The lowest BCUT2D eigenvalue weighted by atomic mass is 9.91. The molecule has 0 saturated heterocycles. The summed E-state index contributed by atoms with van der Waals surface area (Å²) in [6, 6.07) is 0.622. The lowest BCUT2D eigenvalue weighted by Gasteiger charge is -2.28. The van der Waals surface area contributed by atoms with Gasteiger partial charge in [0.1, 0.15) is 0 Å². The fourth-order valence-electron chi connectivity index (χ4n) is 1.45. The molecule has 0 aromatic rings. The second-order valence-electron chi connectivity index (χ2n) is 5.15. The SMILES string of the molecule is C=C(NC(CCC)CCC)C(C)(C)C. The normalized spacial score (nSPS) is 11.9. The summed E-state index contributed by atoms with van der Waals surface area (Å²) in [5.41, 5.74) is 1.35. The molecule has 1 N–H and O–H groups in total. The van der Waals surface area contributed by atoms with Gasteiger partial charge in [0.25, 0.3) is 0 Å². The maximum Gasteiger partial charge on any atom is 0.0258 e. The molecule has 14 heavy (non-hydrogen) atoms. The number of nitrogens with one attached hydrogen (secondary N) is 1. The number of hydrogen-bond donors (Lipinski definition) is 1. The molecule has 1 nitrogen and oxygen atoms in total. The van der Waals surface area contributed by atoms with Crippen LogP contribution in [0, 0.1) is 5.41 Å². The molecule has 0 aliphatic carbocycles. The first-order valence-electron chi connectivity index (χ1n) is 5.87. The van der Waals surface area contributed by atoms with Gasteiger partial charge >= 0.3 is 0 Å². The highest BCUT2D eigenvalue weighted by molar-refractivity contribution is 5.03. The van der Waals surface area contributed by atoms with E-state index in [4.69, 9.17) is 0 Å². The van der Waals surface area contributed by atoms with Crippen LogP contribution in [0.25, 0.3) is 0 Å². The first-order valence-corrected chi connectivity index (χ1v) is 5.87. The zero-order valence-electron chi connectivity index (χ0n) is 10.6. The Balaban J connectivity index is 4.08. The van der Waals surface area contributed by atoms with Gasteiger partial charge in [0, 0.05) is 17.2 Å². The molecular weight excluding hydrogens is 170 g/mol. The zero-order chi connectivity index (χ0) is 11.2. The van der Waals surface area contributed by atoms with Gasteiger partial charge in [0.15, 0.2) is 0 Å². The molecule has 0 aliphatic rings. The minimum atomic E-state index is 0.180. The van der Waals surface area contributed by atoms with Gasteiger partial charge in [-0.1, -0.05) is 54.0 Å². The Hall–Kier alpha value is -0.460. The van der Waals surface area contributed by atoms with Crippen molar-refractivity contribution in [2.75, 3.05) is 0 Å². The van der Waals surface area contributed by atoms with Crippen molar-refractivity contribution in [2.45, 2.75) is 66.3 Å². The molecule has 0 aromatic carbocycles. The van der Waals surface area contributed by atoms with Gasteiger partial charge in [0.2, 0.25) is 0 Å². The van der Waals surface area contributed by atoms with E-state index in [-0.39, 0.29) is 5.41 Å². The van der Waals surface area contributed by atoms with Crippen LogP contribution in [0.1, 0.15) is 60.3 Å². The van der Waals surface area contributed by atoms with E-state index in [1.807, 2.05) is 0 Å². The number of allylic oxidation sites excluding steroid dienone is 1. The Morgan fingerprint density at radius 2 is 1.57 bits per heavy atom. The fraction of sp³-hybridized carbons (Fsp3) is 0.846. The largest absolute Gasteiger partial charge is 0.386 e. The van der Waals surface area contributed by atoms with Crippen molar-refractivity contribution in [1.29, 1.82) is 0 Å². The second-order valence-corrected chi connectivity index (χ2v) is 5.15. The summed E-state index contributed by atoms with van der Waals surface area (Å²) in [5, 5.41) is 3.56. The summed E-state index contributed by atoms with van der Waals surface area (Å²) in [7, 11) is 0. The quantitative estimate of drug-likeness (QED) is 0.676. The van der Waals surface area contributed by atoms with E-state index in [9.17, 15) is 0 Å². The fourth-order valence-corrected chi connectivity index (χ4v) is 1.45. The number of hydrogen-bond acceptors (Lipinski definition) is 1. The lowest BCUT2D eigenvalue weighted by molar-refractivity contribution is 0.400. The van der Waals surface area contributed by atoms with Crippen LogP contribution in [-0.4, -0.2) is 6.04 Å². The van der Waals surface area contributed by atoms with Crippen molar-refractivity contribution in [3.05, 3.63) is 12.3 Å². The molecule has 0 bridgehead atoms. The molecular formula is C13H27N. The Kier molecular flexibility index (Phi) is 5.90. The molecule has 0 atom stereocenters. The highest BCUT2D eigenvalue weighted by atomic mass is 14.9. The molecule has 0 radical (unpaired) electrons. The average Bonchev–Trinajstić information content (AvgIpc) is 2.03. The van der Waals surface area contributed by atoms with Crippen molar-refractivity contribution in [1.82, 2.24) is 5.32 Å². The van der Waals surface area contributed by atoms with Gasteiger partial charge in [-0.2, -0.15) is 0 Å². The monoisotopic (exact) mass is 197 g/mol. The molecule has 0 unspecified atom stereocenters. The Bertz CT molecular complexity index is 159. The van der Waals surface area contributed by atoms with Crippen molar-refractivity contribution in [3.63, 3.8) is 0 Å². The first-order chi connectivity index (χ1) is 6.41. The van der Waals surface area contributed by atoms with E-state index in [0.717, 1.165) is 0 Å². The van der Waals surface area contributed by atoms with E-state index in [0.29, 0.717) is 6.04 Å². The van der Waals surface area contributed by atoms with Crippen LogP contribution < -0.4 is 5.32 Å². The third-order valence-electron chi connectivity index (χ3n) is 2.56. The molecule has 0 amide bonds. The van der Waals surface area contributed by atoms with Crippen LogP contribution in [0.3, 0.4) is 0 Å². The molecule has 0 saturated carbocycles. The summed E-state index contributed by atoms with van der Waals surface area (Å²) in [4.78, 5) is 0. The summed E-state index contributed by atoms with van der Waals surface area (Å²) >= 11 is 0. The molecule has 0 heterocycles. The molecule has 0 spiro atoms. The third-order valence-corrected chi connectivity index (χ3v) is 2.56. The topological polar surface area (TPSA) is 12.0 Å². The summed E-state index contributed by atoms with van der Waals surface area (Å²) < 4.78 is 0. The molecule has 0 aromatic heterocycles. The van der Waals surface area contributed by atoms with Gasteiger partial charge in [-0.25, -0.2) is 0 Å². The summed E-state index contributed by atoms with van der Waals surface area (Å²) in [5.74, 6) is 0. The average molecular weight is 197 g/mol. The lowest BCUT2D eigenvalue weighted by Crippen LogP contribution is -2.33. The smallest absolute Gasteiger partial charge is 0.0258 e. The van der Waals surface area contributed by atoms with E-state index in [2.05, 4.69) is 46.5 Å². The third kappa shape index (κ3) is 5.31. The maximum atomic E-state index is 4.12. The van der Waals surface area contributed by atoms with Gasteiger partial charge in [0.05, 0.1) is 0 Å². The standard InChI is InChI=1S/C13H27N/c1-7-9-12(10-8-2)14-11(3)13(4,5)6/h12,14H,3,7-10H2,1-2,4-6H3. The number of rotatable bonds is 6. The van der Waals surface area contributed by atoms with E-state index in [1.165, 1.54) is 31.4 Å². The molecule has 84 valence electrons. The Morgan fingerprint density at radius 3 is 1.86 bits per heavy atom. The first kappa shape index (κ1) is 13.5. The van der Waals surface area contributed by atoms with Gasteiger partial charge in [-0.3, -0.25) is 0 Å². The minimum absolute atomic E-state index is 0.180. The minimum Gasteiger partial charge on any atom is -0.386 e. The van der Waals surface area contributed by atoms with Crippen LogP contribution >= 0.6 is 0 Å². The predicted octanol–water partition coefficient (Wildman–Crippen LogP) is 4.10. The van der Waals surface area contributed by atoms with Gasteiger partial charge in [-0.15, -0.1) is 0 Å². The van der Waals surface area contributed by atoms with E-state index in [1.54, 1.807) is 0 Å². The van der Waals surface area contributed by atoms with Crippen LogP contribution in [0.5, 0.6) is 0 Å². The molecule has 1 heteroatoms. The van der Waals surface area contributed by atoms with Crippen molar-refractivity contribution >= 4 is 0 Å². The van der Waals surface area contributed by atoms with Gasteiger partial charge < -0.3 is 5.32 Å². The van der Waals surface area contributed by atoms with Crippen molar-refractivity contribution in [3.8, 4) is 0 Å². The predicted molar refractivity (Wildman–Crippen MR) is 65.3 cm³/mol. The summed E-state index contributed by atoms with van der Waals surface area (Å²) in [6.45, 7) is 15.2. The Labute approximate surface area is 90.0 Å². The second kappa shape index (κ2) is 6.10. The van der Waals surface area contributed by atoms with Crippen LogP contribution in [0.2, 0.25) is 0 Å². The van der Waals surface area contributed by atoms with Crippen molar-refractivity contribution < 1.29 is 0 Å². The van der Waals surface area contributed by atoms with Gasteiger partial charge in [-0.05, 0) is 12.8 Å². The molecule has 0 fully saturated rings. The van der Waals surface area contributed by atoms with Crippen LogP contribution in [0.4, 0.5) is 0 Å². The van der Waals surface area contributed by atoms with E-state index >= 15 is 0 Å². The van der Waals surface area contributed by atoms with Crippen LogP contribution in [0.15, 0.2) is 12.3 Å². The van der Waals surface area contributed by atoms with Crippen LogP contribution in [-0.2, 0) is 0 Å². The van der Waals surface area contributed by atoms with Crippen molar-refractivity contribution in [2.24, 2.45) is 5.41 Å². The molecule has 0 rings (SSSR count). The highest BCUT2D eigenvalue weighted by Crippen LogP contribution is 2.22. The zero-order valence-corrected chi connectivity index (χ0v) is 10.6.